The Morgan fingerprint density at radius 1 is 1.50 bits per heavy atom. The number of nitro groups is 1. The molecule has 1 aliphatic heterocycles. The summed E-state index contributed by atoms with van der Waals surface area (Å²) in [6.07, 6.45) is 0.112. The molecule has 9 nitrogen and oxygen atoms in total. The van der Waals surface area contributed by atoms with Crippen LogP contribution in [0.3, 0.4) is 0 Å². The van der Waals surface area contributed by atoms with E-state index in [1.54, 1.807) is 0 Å². The van der Waals surface area contributed by atoms with Crippen LogP contribution in [0.5, 0.6) is 0 Å². The number of rotatable bonds is 3. The molecule has 1 atom stereocenters. The number of amides is 1. The molecule has 11 heteroatoms. The van der Waals surface area contributed by atoms with Crippen LogP contribution in [-0.4, -0.2) is 44.3 Å². The van der Waals surface area contributed by atoms with Gasteiger partial charge in [0.25, 0.3) is 0 Å². The van der Waals surface area contributed by atoms with Gasteiger partial charge < -0.3 is 14.5 Å². The summed E-state index contributed by atoms with van der Waals surface area (Å²) in [4.78, 5) is 26.3. The van der Waals surface area contributed by atoms with Crippen LogP contribution in [0, 0.1) is 28.7 Å². The van der Waals surface area contributed by atoms with E-state index in [1.807, 2.05) is 0 Å². The van der Waals surface area contributed by atoms with Crippen molar-refractivity contribution < 1.29 is 28.1 Å². The van der Waals surface area contributed by atoms with E-state index in [-0.39, 0.29) is 24.2 Å². The van der Waals surface area contributed by atoms with E-state index in [2.05, 4.69) is 10.1 Å². The number of hydrogen-bond acceptors (Lipinski definition) is 6. The lowest BCUT2D eigenvalue weighted by Crippen LogP contribution is -2.38. The van der Waals surface area contributed by atoms with Crippen LogP contribution in [0.1, 0.15) is 30.2 Å². The Labute approximate surface area is 145 Å². The van der Waals surface area contributed by atoms with Crippen molar-refractivity contribution >= 4 is 11.8 Å². The number of aromatic nitrogens is 2. The van der Waals surface area contributed by atoms with E-state index in [0.717, 1.165) is 13.0 Å². The summed E-state index contributed by atoms with van der Waals surface area (Å²) in [6, 6.07) is 0.775. The largest absolute Gasteiger partial charge is 0.465 e. The Balaban J connectivity index is 1.96. The fourth-order valence-corrected chi connectivity index (χ4v) is 2.95. The van der Waals surface area contributed by atoms with Gasteiger partial charge in [0.05, 0.1) is 22.0 Å². The molecule has 1 aromatic carbocycles. The first-order chi connectivity index (χ1) is 12.3. The number of nitrogens with zero attached hydrogens (tertiary/aromatic N) is 4. The molecule has 0 aliphatic carbocycles. The summed E-state index contributed by atoms with van der Waals surface area (Å²) in [7, 11) is 0. The van der Waals surface area contributed by atoms with Crippen LogP contribution in [0.15, 0.2) is 10.6 Å². The SMILES string of the molecule is Cc1c(F)cc(-c2noc([C@H]3CCCN(C(=O)O)C3)n2)c(F)c1[N+](=O)[O-]. The zero-order valence-electron chi connectivity index (χ0n) is 13.6. The normalized spacial score (nSPS) is 17.3. The quantitative estimate of drug-likeness (QED) is 0.652. The van der Waals surface area contributed by atoms with Crippen molar-refractivity contribution in [3.63, 3.8) is 0 Å². The summed E-state index contributed by atoms with van der Waals surface area (Å²) >= 11 is 0. The highest BCUT2D eigenvalue weighted by molar-refractivity contribution is 5.65. The molecule has 0 unspecified atom stereocenters. The summed E-state index contributed by atoms with van der Waals surface area (Å²) in [5.41, 5.74) is -1.90. The summed E-state index contributed by atoms with van der Waals surface area (Å²) in [5.74, 6) is -2.85. The Kier molecular flexibility index (Phi) is 4.53. The van der Waals surface area contributed by atoms with Crippen molar-refractivity contribution in [3.05, 3.63) is 39.3 Å². The fourth-order valence-electron chi connectivity index (χ4n) is 2.95. The van der Waals surface area contributed by atoms with Gasteiger partial charge in [-0.3, -0.25) is 10.1 Å². The molecule has 3 rings (SSSR count). The smallest absolute Gasteiger partial charge is 0.407 e. The van der Waals surface area contributed by atoms with Crippen molar-refractivity contribution in [3.8, 4) is 11.4 Å². The first-order valence-corrected chi connectivity index (χ1v) is 7.74. The Hall–Kier alpha value is -3.11. The van der Waals surface area contributed by atoms with E-state index in [9.17, 15) is 23.7 Å². The number of piperidine rings is 1. The zero-order chi connectivity index (χ0) is 19.0. The monoisotopic (exact) mass is 368 g/mol. The Morgan fingerprint density at radius 2 is 2.23 bits per heavy atom. The summed E-state index contributed by atoms with van der Waals surface area (Å²) in [5, 5.41) is 23.7. The first-order valence-electron chi connectivity index (χ1n) is 7.74. The van der Waals surface area contributed by atoms with Gasteiger partial charge in [-0.25, -0.2) is 9.18 Å². The Morgan fingerprint density at radius 3 is 2.88 bits per heavy atom. The van der Waals surface area contributed by atoms with Crippen LogP contribution in [0.2, 0.25) is 0 Å². The third-order valence-electron chi connectivity index (χ3n) is 4.34. The van der Waals surface area contributed by atoms with Gasteiger partial charge in [-0.1, -0.05) is 5.16 Å². The maximum absolute atomic E-state index is 14.5. The molecule has 1 amide bonds. The molecule has 1 saturated heterocycles. The van der Waals surface area contributed by atoms with Crippen molar-refractivity contribution in [2.75, 3.05) is 13.1 Å². The molecule has 2 heterocycles. The number of likely N-dealkylation sites (tertiary alicyclic amines) is 1. The van der Waals surface area contributed by atoms with Crippen molar-refractivity contribution in [2.24, 2.45) is 0 Å². The molecule has 1 N–H and O–H groups in total. The molecular weight excluding hydrogens is 354 g/mol. The number of carbonyl (C=O) groups is 1. The second kappa shape index (κ2) is 6.65. The lowest BCUT2D eigenvalue weighted by atomic mass is 9.98. The molecule has 0 spiro atoms. The second-order valence-corrected chi connectivity index (χ2v) is 5.97. The summed E-state index contributed by atoms with van der Waals surface area (Å²) < 4.78 is 33.5. The molecule has 2 aromatic rings. The van der Waals surface area contributed by atoms with Crippen LogP contribution >= 0.6 is 0 Å². The third kappa shape index (κ3) is 3.07. The number of hydrogen-bond donors (Lipinski definition) is 1. The molecule has 0 bridgehead atoms. The van der Waals surface area contributed by atoms with Gasteiger partial charge in [-0.2, -0.15) is 9.37 Å². The minimum absolute atomic E-state index is 0.0778. The van der Waals surface area contributed by atoms with Crippen molar-refractivity contribution in [1.29, 1.82) is 0 Å². The van der Waals surface area contributed by atoms with Gasteiger partial charge in [0.2, 0.25) is 17.5 Å². The van der Waals surface area contributed by atoms with Crippen LogP contribution < -0.4 is 0 Å². The fraction of sp³-hybridized carbons (Fsp3) is 0.400. The number of nitro benzene ring substituents is 1. The maximum atomic E-state index is 14.5. The van der Waals surface area contributed by atoms with E-state index < -0.39 is 39.5 Å². The molecule has 1 aliphatic rings. The van der Waals surface area contributed by atoms with Crippen molar-refractivity contribution in [2.45, 2.75) is 25.7 Å². The maximum Gasteiger partial charge on any atom is 0.407 e. The molecule has 0 saturated carbocycles. The first kappa shape index (κ1) is 17.7. The molecule has 0 radical (unpaired) electrons. The van der Waals surface area contributed by atoms with Gasteiger partial charge in [-0.05, 0) is 25.8 Å². The molecular formula is C15H14F2N4O5. The van der Waals surface area contributed by atoms with E-state index in [0.29, 0.717) is 19.4 Å². The molecule has 1 fully saturated rings. The topological polar surface area (TPSA) is 123 Å². The molecule has 1 aromatic heterocycles. The number of halogens is 2. The third-order valence-corrected chi connectivity index (χ3v) is 4.34. The second-order valence-electron chi connectivity index (χ2n) is 5.97. The molecule has 26 heavy (non-hydrogen) atoms. The van der Waals surface area contributed by atoms with Crippen LogP contribution in [0.25, 0.3) is 11.4 Å². The van der Waals surface area contributed by atoms with Crippen LogP contribution in [0.4, 0.5) is 19.3 Å². The lowest BCUT2D eigenvalue weighted by molar-refractivity contribution is -0.388. The van der Waals surface area contributed by atoms with Gasteiger partial charge >= 0.3 is 11.8 Å². The lowest BCUT2D eigenvalue weighted by Gasteiger charge is -2.28. The van der Waals surface area contributed by atoms with Gasteiger partial charge in [0.15, 0.2) is 0 Å². The van der Waals surface area contributed by atoms with Crippen LogP contribution in [-0.2, 0) is 0 Å². The highest BCUT2D eigenvalue weighted by Gasteiger charge is 2.31. The van der Waals surface area contributed by atoms with Gasteiger partial charge in [0.1, 0.15) is 5.82 Å². The minimum Gasteiger partial charge on any atom is -0.465 e. The highest BCUT2D eigenvalue weighted by atomic mass is 19.1. The standard InChI is InChI=1S/C15H14F2N4O5/c1-7-10(16)5-9(11(17)12(7)21(24)25)13-18-14(26-19-13)8-3-2-4-20(6-8)15(22)23/h5,8H,2-4,6H2,1H3,(H,22,23)/t8-/m0/s1. The van der Waals surface area contributed by atoms with E-state index in [1.165, 1.54) is 4.90 Å². The average Bonchev–Trinajstić information content (AvgIpc) is 3.08. The average molecular weight is 368 g/mol. The zero-order valence-corrected chi connectivity index (χ0v) is 13.6. The van der Waals surface area contributed by atoms with Gasteiger partial charge in [-0.15, -0.1) is 0 Å². The molecule has 138 valence electrons. The van der Waals surface area contributed by atoms with E-state index in [4.69, 9.17) is 9.63 Å². The highest BCUT2D eigenvalue weighted by Crippen LogP contribution is 2.34. The predicted octanol–water partition coefficient (Wildman–Crippen LogP) is 3.09. The number of carboxylic acid groups (broad SMARTS) is 1. The van der Waals surface area contributed by atoms with Crippen molar-refractivity contribution in [1.82, 2.24) is 15.0 Å². The predicted molar refractivity (Wildman–Crippen MR) is 82.6 cm³/mol. The van der Waals surface area contributed by atoms with Gasteiger partial charge in [0, 0.05) is 13.1 Å². The van der Waals surface area contributed by atoms with E-state index >= 15 is 0 Å². The Bertz CT molecular complexity index is 885. The minimum atomic E-state index is -1.25. The summed E-state index contributed by atoms with van der Waals surface area (Å²) in [6.45, 7) is 1.63. The number of benzene rings is 1.